The van der Waals surface area contributed by atoms with Gasteiger partial charge in [0.05, 0.1) is 31.3 Å². The first-order valence-electron chi connectivity index (χ1n) is 9.85. The average Bonchev–Trinajstić information content (AvgIpc) is 3.31. The maximum absolute atomic E-state index is 12.7. The minimum atomic E-state index is -0.906. The van der Waals surface area contributed by atoms with Gasteiger partial charge < -0.3 is 19.3 Å². The second-order valence-electron chi connectivity index (χ2n) is 8.44. The zero-order valence-electron chi connectivity index (χ0n) is 17.8. The van der Waals surface area contributed by atoms with Crippen LogP contribution in [-0.2, 0) is 14.3 Å². The molecule has 1 heterocycles. The number of aliphatic hydroxyl groups is 1. The van der Waals surface area contributed by atoms with Gasteiger partial charge in [-0.25, -0.2) is 4.79 Å². The van der Waals surface area contributed by atoms with E-state index in [-0.39, 0.29) is 17.8 Å². The molecule has 0 aliphatic heterocycles. The lowest BCUT2D eigenvalue weighted by Crippen LogP contribution is -2.26. The van der Waals surface area contributed by atoms with Gasteiger partial charge in [-0.2, -0.15) is 0 Å². The third-order valence-corrected chi connectivity index (χ3v) is 5.10. The van der Waals surface area contributed by atoms with Crippen molar-refractivity contribution < 1.29 is 28.9 Å². The summed E-state index contributed by atoms with van der Waals surface area (Å²) in [5.74, 6) is -0.318. The molecule has 1 aliphatic rings. The van der Waals surface area contributed by atoms with E-state index in [1.54, 1.807) is 25.3 Å². The average molecular weight is 403 g/mol. The van der Waals surface area contributed by atoms with Crippen molar-refractivity contribution in [2.75, 3.05) is 13.7 Å². The van der Waals surface area contributed by atoms with Crippen LogP contribution in [0.15, 0.2) is 18.3 Å². The molecule has 29 heavy (non-hydrogen) atoms. The summed E-state index contributed by atoms with van der Waals surface area (Å²) < 4.78 is 17.6. The predicted octanol–water partition coefficient (Wildman–Crippen LogP) is 3.97. The van der Waals surface area contributed by atoms with Crippen molar-refractivity contribution >= 4 is 23.0 Å². The van der Waals surface area contributed by atoms with Crippen LogP contribution in [0.1, 0.15) is 51.3 Å². The number of carbonyl (C=O) groups excluding carboxylic acids is 2. The molecular formula is C22H29NO6. The molecule has 0 saturated heterocycles. The standard InChI is InChI=1S/C22H29NO6/c1-7-28-20(25)15-11-14(15)19(24)17-13-8-9-23(21(26)29-22(3,4)5)18(13)12(2)10-16(17)27-6/h8-10,14-15,19,24H,7,11H2,1-6H3. The van der Waals surface area contributed by atoms with Gasteiger partial charge in [0.25, 0.3) is 0 Å². The fraction of sp³-hybridized carbons (Fsp3) is 0.545. The first-order chi connectivity index (χ1) is 13.6. The van der Waals surface area contributed by atoms with Crippen molar-refractivity contribution in [2.45, 2.75) is 52.7 Å². The lowest BCUT2D eigenvalue weighted by Gasteiger charge is -2.21. The first-order valence-corrected chi connectivity index (χ1v) is 9.85. The number of esters is 1. The van der Waals surface area contributed by atoms with Crippen LogP contribution < -0.4 is 4.74 Å². The lowest BCUT2D eigenvalue weighted by atomic mass is 9.97. The van der Waals surface area contributed by atoms with Crippen LogP contribution in [0.25, 0.3) is 10.9 Å². The van der Waals surface area contributed by atoms with Crippen LogP contribution in [0, 0.1) is 18.8 Å². The Hall–Kier alpha value is -2.54. The second kappa shape index (κ2) is 7.71. The molecule has 1 fully saturated rings. The number of aliphatic hydroxyl groups excluding tert-OH is 1. The van der Waals surface area contributed by atoms with Gasteiger partial charge in [0.1, 0.15) is 11.4 Å². The molecule has 1 aromatic heterocycles. The molecule has 3 unspecified atom stereocenters. The Bertz CT molecular complexity index is 939. The molecule has 1 aromatic carbocycles. The molecule has 2 aromatic rings. The number of aromatic nitrogens is 1. The van der Waals surface area contributed by atoms with E-state index < -0.39 is 17.8 Å². The lowest BCUT2D eigenvalue weighted by molar-refractivity contribution is -0.145. The molecule has 7 nitrogen and oxygen atoms in total. The van der Waals surface area contributed by atoms with Crippen molar-refractivity contribution in [3.63, 3.8) is 0 Å². The van der Waals surface area contributed by atoms with Crippen LogP contribution in [0.3, 0.4) is 0 Å². The fourth-order valence-corrected chi connectivity index (χ4v) is 3.76. The summed E-state index contributed by atoms with van der Waals surface area (Å²) in [6.45, 7) is 9.38. The maximum Gasteiger partial charge on any atom is 0.419 e. The Labute approximate surface area is 170 Å². The van der Waals surface area contributed by atoms with Gasteiger partial charge in [0.15, 0.2) is 0 Å². The van der Waals surface area contributed by atoms with Crippen LogP contribution in [-0.4, -0.2) is 41.1 Å². The zero-order valence-corrected chi connectivity index (χ0v) is 17.8. The summed E-state index contributed by atoms with van der Waals surface area (Å²) in [4.78, 5) is 24.7. The first kappa shape index (κ1) is 21.2. The summed E-state index contributed by atoms with van der Waals surface area (Å²) in [5, 5.41) is 11.8. The van der Waals surface area contributed by atoms with Gasteiger partial charge >= 0.3 is 12.1 Å². The van der Waals surface area contributed by atoms with E-state index in [2.05, 4.69) is 0 Å². The number of benzene rings is 1. The Kier molecular flexibility index (Phi) is 5.63. The summed E-state index contributed by atoms with van der Waals surface area (Å²) in [7, 11) is 1.54. The molecule has 0 radical (unpaired) electrons. The molecule has 1 saturated carbocycles. The molecule has 1 aliphatic carbocycles. The summed E-state index contributed by atoms with van der Waals surface area (Å²) in [5.41, 5.74) is 1.42. The molecular weight excluding hydrogens is 374 g/mol. The Morgan fingerprint density at radius 2 is 2.03 bits per heavy atom. The van der Waals surface area contributed by atoms with E-state index in [9.17, 15) is 14.7 Å². The van der Waals surface area contributed by atoms with Gasteiger partial charge in [-0.15, -0.1) is 0 Å². The number of aryl methyl sites for hydroxylation is 1. The van der Waals surface area contributed by atoms with Gasteiger partial charge in [0.2, 0.25) is 0 Å². The van der Waals surface area contributed by atoms with E-state index in [4.69, 9.17) is 14.2 Å². The van der Waals surface area contributed by atoms with E-state index in [1.807, 2.05) is 27.7 Å². The number of hydrogen-bond donors (Lipinski definition) is 1. The number of rotatable bonds is 5. The smallest absolute Gasteiger partial charge is 0.419 e. The van der Waals surface area contributed by atoms with Crippen LogP contribution in [0.5, 0.6) is 5.75 Å². The van der Waals surface area contributed by atoms with Crippen molar-refractivity contribution in [1.82, 2.24) is 4.57 Å². The van der Waals surface area contributed by atoms with E-state index in [0.717, 1.165) is 5.56 Å². The Morgan fingerprint density at radius 1 is 1.34 bits per heavy atom. The van der Waals surface area contributed by atoms with Gasteiger partial charge in [-0.05, 0) is 58.7 Å². The third kappa shape index (κ3) is 4.10. The maximum atomic E-state index is 12.7. The zero-order chi connectivity index (χ0) is 21.5. The minimum Gasteiger partial charge on any atom is -0.496 e. The van der Waals surface area contributed by atoms with Crippen molar-refractivity contribution in [3.8, 4) is 5.75 Å². The molecule has 158 valence electrons. The number of ether oxygens (including phenoxy) is 3. The van der Waals surface area contributed by atoms with Gasteiger partial charge in [-0.1, -0.05) is 0 Å². The molecule has 0 bridgehead atoms. The molecule has 3 rings (SSSR count). The van der Waals surface area contributed by atoms with Crippen molar-refractivity contribution in [3.05, 3.63) is 29.5 Å². The van der Waals surface area contributed by atoms with Crippen molar-refractivity contribution in [1.29, 1.82) is 0 Å². The fourth-order valence-electron chi connectivity index (χ4n) is 3.76. The topological polar surface area (TPSA) is 87.0 Å². The number of fused-ring (bicyclic) bond motifs is 1. The molecule has 3 atom stereocenters. The highest BCUT2D eigenvalue weighted by molar-refractivity contribution is 5.95. The van der Waals surface area contributed by atoms with Gasteiger partial charge in [-0.3, -0.25) is 9.36 Å². The van der Waals surface area contributed by atoms with E-state index in [1.165, 1.54) is 11.7 Å². The number of hydrogen-bond acceptors (Lipinski definition) is 6. The highest BCUT2D eigenvalue weighted by atomic mass is 16.6. The van der Waals surface area contributed by atoms with Gasteiger partial charge in [0, 0.05) is 23.1 Å². The number of nitrogens with zero attached hydrogens (tertiary/aromatic N) is 1. The highest BCUT2D eigenvalue weighted by Gasteiger charge is 2.50. The van der Waals surface area contributed by atoms with Crippen LogP contribution in [0.2, 0.25) is 0 Å². The van der Waals surface area contributed by atoms with E-state index >= 15 is 0 Å². The monoisotopic (exact) mass is 403 g/mol. The van der Waals surface area contributed by atoms with Crippen LogP contribution >= 0.6 is 0 Å². The summed E-state index contributed by atoms with van der Waals surface area (Å²) >= 11 is 0. The normalized spacial score (nSPS) is 19.7. The van der Waals surface area contributed by atoms with Crippen LogP contribution in [0.4, 0.5) is 4.79 Å². The Morgan fingerprint density at radius 3 is 2.62 bits per heavy atom. The number of methoxy groups -OCH3 is 1. The molecule has 0 amide bonds. The molecule has 0 spiro atoms. The minimum absolute atomic E-state index is 0.237. The van der Waals surface area contributed by atoms with Crippen molar-refractivity contribution in [2.24, 2.45) is 11.8 Å². The number of carbonyl (C=O) groups is 2. The second-order valence-corrected chi connectivity index (χ2v) is 8.44. The predicted molar refractivity (Wildman–Crippen MR) is 108 cm³/mol. The highest BCUT2D eigenvalue weighted by Crippen LogP contribution is 2.51. The molecule has 1 N–H and O–H groups in total. The SMILES string of the molecule is CCOC(=O)C1CC1C(O)c1c(OC)cc(C)c2c1ccn2C(=O)OC(C)(C)C. The summed E-state index contributed by atoms with van der Waals surface area (Å²) in [6, 6.07) is 3.57. The summed E-state index contributed by atoms with van der Waals surface area (Å²) in [6.07, 6.45) is 0.802. The molecule has 7 heteroatoms. The largest absolute Gasteiger partial charge is 0.496 e. The Balaban J connectivity index is 2.02. The van der Waals surface area contributed by atoms with E-state index in [0.29, 0.717) is 35.2 Å². The third-order valence-electron chi connectivity index (χ3n) is 5.10. The quantitative estimate of drug-likeness (QED) is 0.760.